The van der Waals surface area contributed by atoms with Crippen molar-refractivity contribution < 1.29 is 21.9 Å². The summed E-state index contributed by atoms with van der Waals surface area (Å²) in [7, 11) is -3.72. The van der Waals surface area contributed by atoms with Crippen LogP contribution in [0.5, 0.6) is 0 Å². The van der Waals surface area contributed by atoms with Crippen molar-refractivity contribution in [3.8, 4) is 0 Å². The van der Waals surface area contributed by atoms with Crippen molar-refractivity contribution in [1.29, 1.82) is 0 Å². The number of ether oxygens (including phenoxy) is 1. The largest absolute Gasteiger partial charge is 0.377 e. The topological polar surface area (TPSA) is 81.4 Å². The first-order valence-corrected chi connectivity index (χ1v) is 6.67. The fraction of sp³-hybridized carbons (Fsp3) is 1.00. The van der Waals surface area contributed by atoms with Gasteiger partial charge in [0.05, 0.1) is 24.9 Å². The quantitative estimate of drug-likeness (QED) is 0.684. The summed E-state index contributed by atoms with van der Waals surface area (Å²) in [5, 5.41) is 0. The summed E-state index contributed by atoms with van der Waals surface area (Å²) in [6, 6.07) is 0. The molecule has 3 N–H and O–H groups in total. The van der Waals surface area contributed by atoms with E-state index in [9.17, 15) is 17.2 Å². The molecule has 1 unspecified atom stereocenters. The predicted octanol–water partition coefficient (Wildman–Crippen LogP) is -0.321. The number of halogens is 2. The third kappa shape index (κ3) is 4.69. The van der Waals surface area contributed by atoms with Crippen molar-refractivity contribution in [1.82, 2.24) is 4.72 Å². The molecule has 0 bridgehead atoms. The fourth-order valence-corrected chi connectivity index (χ4v) is 2.67. The van der Waals surface area contributed by atoms with Crippen molar-refractivity contribution in [2.75, 3.05) is 25.4 Å². The molecule has 0 amide bonds. The van der Waals surface area contributed by atoms with Crippen LogP contribution < -0.4 is 10.5 Å². The lowest BCUT2D eigenvalue weighted by Crippen LogP contribution is -2.43. The summed E-state index contributed by atoms with van der Waals surface area (Å²) in [6.45, 7) is -1.31. The molecule has 1 rings (SSSR count). The van der Waals surface area contributed by atoms with Crippen LogP contribution in [0.25, 0.3) is 0 Å². The second-order valence-electron chi connectivity index (χ2n) is 3.80. The minimum Gasteiger partial charge on any atom is -0.377 e. The lowest BCUT2D eigenvalue weighted by atomic mass is 10.3. The third-order valence-corrected chi connectivity index (χ3v) is 3.67. The van der Waals surface area contributed by atoms with Gasteiger partial charge >= 0.3 is 0 Å². The maximum atomic E-state index is 12.7. The highest BCUT2D eigenvalue weighted by molar-refractivity contribution is 7.89. The summed E-state index contributed by atoms with van der Waals surface area (Å²) in [4.78, 5) is 0. The molecule has 0 aromatic rings. The molecule has 8 heteroatoms. The molecule has 16 heavy (non-hydrogen) atoms. The summed E-state index contributed by atoms with van der Waals surface area (Å²) in [5.74, 6) is -3.47. The Morgan fingerprint density at radius 1 is 1.50 bits per heavy atom. The van der Waals surface area contributed by atoms with Crippen molar-refractivity contribution in [2.24, 2.45) is 5.73 Å². The Labute approximate surface area is 93.4 Å². The molecule has 0 aliphatic carbocycles. The highest BCUT2D eigenvalue weighted by Gasteiger charge is 2.30. The maximum absolute atomic E-state index is 12.7. The second-order valence-corrected chi connectivity index (χ2v) is 5.65. The SMILES string of the molecule is NCC(F)(F)CNS(=O)(=O)CC1CCCO1. The van der Waals surface area contributed by atoms with Gasteiger partial charge in [0.25, 0.3) is 5.92 Å². The normalized spacial score (nSPS) is 22.6. The molecule has 1 heterocycles. The molecule has 0 aromatic heterocycles. The van der Waals surface area contributed by atoms with E-state index >= 15 is 0 Å². The third-order valence-electron chi connectivity index (χ3n) is 2.28. The number of sulfonamides is 1. The van der Waals surface area contributed by atoms with Gasteiger partial charge in [-0.3, -0.25) is 0 Å². The number of alkyl halides is 2. The molecule has 96 valence electrons. The van der Waals surface area contributed by atoms with Crippen LogP contribution in [0.15, 0.2) is 0 Å². The molecule has 5 nitrogen and oxygen atoms in total. The van der Waals surface area contributed by atoms with Gasteiger partial charge in [-0.2, -0.15) is 0 Å². The van der Waals surface area contributed by atoms with Crippen molar-refractivity contribution in [3.05, 3.63) is 0 Å². The van der Waals surface area contributed by atoms with Crippen LogP contribution in [-0.2, 0) is 14.8 Å². The predicted molar refractivity (Wildman–Crippen MR) is 54.8 cm³/mol. The molecule has 0 spiro atoms. The molecule has 0 aromatic carbocycles. The Hall–Kier alpha value is -0.310. The molecular formula is C8H16F2N2O3S. The van der Waals surface area contributed by atoms with Crippen molar-refractivity contribution in [3.63, 3.8) is 0 Å². The number of hydrogen-bond acceptors (Lipinski definition) is 4. The summed E-state index contributed by atoms with van der Waals surface area (Å²) in [5.41, 5.74) is 4.79. The molecule has 0 saturated carbocycles. The van der Waals surface area contributed by atoms with Crippen LogP contribution in [0.3, 0.4) is 0 Å². The first-order valence-electron chi connectivity index (χ1n) is 5.01. The van der Waals surface area contributed by atoms with E-state index in [0.717, 1.165) is 6.42 Å². The lowest BCUT2D eigenvalue weighted by Gasteiger charge is -2.16. The molecule has 1 saturated heterocycles. The molecule has 1 aliphatic heterocycles. The summed E-state index contributed by atoms with van der Waals surface area (Å²) >= 11 is 0. The van der Waals surface area contributed by atoms with Crippen molar-refractivity contribution in [2.45, 2.75) is 24.9 Å². The standard InChI is InChI=1S/C8H16F2N2O3S/c9-8(10,5-11)6-12-16(13,14)4-7-2-1-3-15-7/h7,12H,1-6,11H2. The van der Waals surface area contributed by atoms with Crippen LogP contribution in [0.2, 0.25) is 0 Å². The van der Waals surface area contributed by atoms with Crippen LogP contribution in [0.1, 0.15) is 12.8 Å². The van der Waals surface area contributed by atoms with E-state index in [0.29, 0.717) is 13.0 Å². The molecular weight excluding hydrogens is 242 g/mol. The van der Waals surface area contributed by atoms with Gasteiger partial charge in [0, 0.05) is 6.61 Å². The summed E-state index contributed by atoms with van der Waals surface area (Å²) < 4.78 is 55.1. The molecule has 1 atom stereocenters. The van der Waals surface area contributed by atoms with Crippen LogP contribution in [-0.4, -0.2) is 45.9 Å². The Kier molecular flexibility index (Phi) is 4.60. The van der Waals surface area contributed by atoms with Crippen LogP contribution in [0, 0.1) is 0 Å². The van der Waals surface area contributed by atoms with Gasteiger partial charge in [-0.25, -0.2) is 21.9 Å². The average Bonchev–Trinajstić information content (AvgIpc) is 2.67. The van der Waals surface area contributed by atoms with Crippen LogP contribution >= 0.6 is 0 Å². The Morgan fingerprint density at radius 2 is 2.19 bits per heavy atom. The van der Waals surface area contributed by atoms with Gasteiger partial charge in [0.2, 0.25) is 10.0 Å². The summed E-state index contributed by atoms with van der Waals surface area (Å²) in [6.07, 6.45) is 1.07. The number of nitrogens with one attached hydrogen (secondary N) is 1. The van der Waals surface area contributed by atoms with Crippen LogP contribution in [0.4, 0.5) is 8.78 Å². The zero-order valence-electron chi connectivity index (χ0n) is 8.79. The van der Waals surface area contributed by atoms with Gasteiger partial charge in [-0.1, -0.05) is 0 Å². The highest BCUT2D eigenvalue weighted by atomic mass is 32.2. The number of nitrogens with two attached hydrogens (primary N) is 1. The monoisotopic (exact) mass is 258 g/mol. The van der Waals surface area contributed by atoms with Crippen molar-refractivity contribution >= 4 is 10.0 Å². The average molecular weight is 258 g/mol. The number of hydrogen-bond donors (Lipinski definition) is 2. The maximum Gasteiger partial charge on any atom is 0.273 e. The van der Waals surface area contributed by atoms with E-state index in [1.807, 2.05) is 4.72 Å². The zero-order valence-corrected chi connectivity index (χ0v) is 9.60. The van der Waals surface area contributed by atoms with Gasteiger partial charge in [-0.05, 0) is 12.8 Å². The zero-order chi connectivity index (χ0) is 12.2. The number of rotatable bonds is 6. The van der Waals surface area contributed by atoms with E-state index in [4.69, 9.17) is 10.5 Å². The lowest BCUT2D eigenvalue weighted by molar-refractivity contribution is 0.0169. The minimum absolute atomic E-state index is 0.270. The minimum atomic E-state index is -3.72. The highest BCUT2D eigenvalue weighted by Crippen LogP contribution is 2.14. The van der Waals surface area contributed by atoms with E-state index in [1.54, 1.807) is 0 Å². The molecule has 1 aliphatic rings. The molecule has 0 radical (unpaired) electrons. The smallest absolute Gasteiger partial charge is 0.273 e. The Bertz CT molecular complexity index is 315. The van der Waals surface area contributed by atoms with Gasteiger partial charge in [0.1, 0.15) is 0 Å². The van der Waals surface area contributed by atoms with Gasteiger partial charge < -0.3 is 10.5 Å². The van der Waals surface area contributed by atoms with E-state index in [1.165, 1.54) is 0 Å². The van der Waals surface area contributed by atoms with Gasteiger partial charge in [-0.15, -0.1) is 0 Å². The first kappa shape index (κ1) is 13.8. The van der Waals surface area contributed by atoms with E-state index in [-0.39, 0.29) is 11.9 Å². The van der Waals surface area contributed by atoms with Gasteiger partial charge in [0.15, 0.2) is 0 Å². The second kappa shape index (κ2) is 5.35. The molecule has 1 fully saturated rings. The Morgan fingerprint density at radius 3 is 2.69 bits per heavy atom. The first-order chi connectivity index (χ1) is 7.35. The Balaban J connectivity index is 2.39. The van der Waals surface area contributed by atoms with E-state index in [2.05, 4.69) is 0 Å². The fourth-order valence-electron chi connectivity index (χ4n) is 1.37. The van der Waals surface area contributed by atoms with E-state index < -0.39 is 29.0 Å².